The molecule has 2 aliphatic heterocycles. The average molecular weight is 598 g/mol. The van der Waals surface area contributed by atoms with E-state index in [0.717, 1.165) is 37.4 Å². The summed E-state index contributed by atoms with van der Waals surface area (Å²) in [7, 11) is 1.80. The van der Waals surface area contributed by atoms with Crippen LogP contribution < -0.4 is 15.5 Å². The Hall–Kier alpha value is -3.67. The molecular formula is C30H37ClFN7O3. The topological polar surface area (TPSA) is 95.0 Å². The molecule has 1 aromatic heterocycles. The van der Waals surface area contributed by atoms with Gasteiger partial charge in [-0.05, 0) is 54.3 Å². The maximum atomic E-state index is 15.3. The van der Waals surface area contributed by atoms with Gasteiger partial charge >= 0.3 is 6.09 Å². The third kappa shape index (κ3) is 7.03. The second-order valence-electron chi connectivity index (χ2n) is 11.9. The maximum absolute atomic E-state index is 15.3. The van der Waals surface area contributed by atoms with Crippen LogP contribution >= 0.6 is 11.6 Å². The number of nitrogens with zero attached hydrogens (tertiary/aromatic N) is 5. The molecule has 42 heavy (non-hydrogen) atoms. The predicted molar refractivity (Wildman–Crippen MR) is 160 cm³/mol. The Morgan fingerprint density at radius 3 is 2.60 bits per heavy atom. The number of aromatic nitrogens is 2. The molecule has 0 aliphatic carbocycles. The maximum Gasteiger partial charge on any atom is 0.426 e. The summed E-state index contributed by atoms with van der Waals surface area (Å²) < 4.78 is 17.0. The van der Waals surface area contributed by atoms with Crippen LogP contribution in [0.3, 0.4) is 0 Å². The van der Waals surface area contributed by atoms with E-state index in [0.29, 0.717) is 35.1 Å². The summed E-state index contributed by atoms with van der Waals surface area (Å²) in [6.45, 7) is 10.9. The summed E-state index contributed by atoms with van der Waals surface area (Å²) in [5.41, 5.74) is 2.68. The lowest BCUT2D eigenvalue weighted by atomic mass is 9.92. The summed E-state index contributed by atoms with van der Waals surface area (Å²) in [5, 5.41) is 12.4. The molecule has 0 saturated carbocycles. The Kier molecular flexibility index (Phi) is 8.72. The third-order valence-corrected chi connectivity index (χ3v) is 7.75. The van der Waals surface area contributed by atoms with E-state index in [1.54, 1.807) is 47.3 Å². The molecule has 12 heteroatoms. The van der Waals surface area contributed by atoms with Crippen LogP contribution in [0.15, 0.2) is 42.6 Å². The van der Waals surface area contributed by atoms with Gasteiger partial charge in [0.1, 0.15) is 11.6 Å². The minimum Gasteiger partial charge on any atom is -0.351 e. The highest BCUT2D eigenvalue weighted by atomic mass is 35.5. The quantitative estimate of drug-likeness (QED) is 0.398. The van der Waals surface area contributed by atoms with Crippen LogP contribution in [0.2, 0.25) is 5.02 Å². The lowest BCUT2D eigenvalue weighted by molar-refractivity contribution is -0.123. The van der Waals surface area contributed by atoms with E-state index >= 15 is 4.39 Å². The van der Waals surface area contributed by atoms with E-state index < -0.39 is 17.8 Å². The minimum absolute atomic E-state index is 0.0593. The molecule has 224 valence electrons. The van der Waals surface area contributed by atoms with Crippen molar-refractivity contribution < 1.29 is 18.8 Å². The van der Waals surface area contributed by atoms with E-state index in [4.69, 9.17) is 16.4 Å². The fourth-order valence-corrected chi connectivity index (χ4v) is 5.19. The number of hydrogen-bond donors (Lipinski definition) is 2. The van der Waals surface area contributed by atoms with E-state index in [9.17, 15) is 9.59 Å². The van der Waals surface area contributed by atoms with Crippen LogP contribution in [0.1, 0.15) is 48.7 Å². The number of carbonyl (C=O) groups excluding carboxylic acids is 2. The molecule has 1 saturated heterocycles. The number of carbonyl (C=O) groups is 2. The van der Waals surface area contributed by atoms with Crippen LogP contribution in [0.4, 0.5) is 26.4 Å². The first-order valence-electron chi connectivity index (χ1n) is 14.1. The molecule has 2 N–H and O–H groups in total. The number of nitrogens with one attached hydrogen (secondary N) is 2. The number of benzene rings is 2. The number of halogens is 2. The molecule has 0 spiro atoms. The van der Waals surface area contributed by atoms with Gasteiger partial charge in [0.25, 0.3) is 5.91 Å². The number of hydrogen-bond acceptors (Lipinski definition) is 7. The van der Waals surface area contributed by atoms with E-state index in [-0.39, 0.29) is 24.1 Å². The highest BCUT2D eigenvalue weighted by Gasteiger charge is 2.29. The first-order valence-corrected chi connectivity index (χ1v) is 14.5. The van der Waals surface area contributed by atoms with Crippen molar-refractivity contribution in [3.63, 3.8) is 0 Å². The summed E-state index contributed by atoms with van der Waals surface area (Å²) in [5.74, 6) is -0.460. The molecule has 3 aromatic rings. The molecule has 0 radical (unpaired) electrons. The van der Waals surface area contributed by atoms with Crippen LogP contribution in [-0.4, -0.2) is 64.5 Å². The highest BCUT2D eigenvalue weighted by molar-refractivity contribution is 6.31. The van der Waals surface area contributed by atoms with Gasteiger partial charge in [-0.25, -0.2) is 9.18 Å². The van der Waals surface area contributed by atoms with E-state index in [1.165, 1.54) is 17.0 Å². The molecule has 2 amide bonds. The Balaban J connectivity index is 1.19. The third-order valence-electron chi connectivity index (χ3n) is 7.51. The van der Waals surface area contributed by atoms with Gasteiger partial charge in [0.2, 0.25) is 0 Å². The molecule has 0 bridgehead atoms. The Morgan fingerprint density at radius 2 is 1.88 bits per heavy atom. The lowest BCUT2D eigenvalue weighted by Gasteiger charge is -2.34. The molecule has 0 unspecified atom stereocenters. The van der Waals surface area contributed by atoms with Crippen molar-refractivity contribution >= 4 is 40.8 Å². The van der Waals surface area contributed by atoms with Gasteiger partial charge in [-0.3, -0.25) is 9.48 Å². The summed E-state index contributed by atoms with van der Waals surface area (Å²) in [6.07, 6.45) is 2.18. The Morgan fingerprint density at radius 1 is 1.12 bits per heavy atom. The first kappa shape index (κ1) is 29.8. The lowest BCUT2D eigenvalue weighted by Crippen LogP contribution is -2.48. The molecule has 0 atom stereocenters. The predicted octanol–water partition coefficient (Wildman–Crippen LogP) is 5.31. The zero-order valence-electron chi connectivity index (χ0n) is 24.4. The Labute approximate surface area is 250 Å². The van der Waals surface area contributed by atoms with Crippen molar-refractivity contribution in [2.24, 2.45) is 12.5 Å². The highest BCUT2D eigenvalue weighted by Crippen LogP contribution is 2.38. The van der Waals surface area contributed by atoms with Crippen molar-refractivity contribution in [3.05, 3.63) is 70.1 Å². The summed E-state index contributed by atoms with van der Waals surface area (Å²) in [4.78, 5) is 35.4. The van der Waals surface area contributed by atoms with Crippen LogP contribution in [0, 0.1) is 11.2 Å². The molecule has 1 fully saturated rings. The molecule has 3 heterocycles. The van der Waals surface area contributed by atoms with Gasteiger partial charge in [-0.1, -0.05) is 38.4 Å². The standard InChI is InChI=1S/C30H37ClFN7O3/c1-30(2,3)9-10-37-11-13-38(14-12-37)42-29(41)33-17-20-5-7-23(24(32)15-20)28(40)39-19-21-18-34-36(4)27(21)35-25-16-22(31)6-8-26(25)39/h5-8,15-16,18,35H,9-14,17,19H2,1-4H3,(H,33,41). The Bertz CT molecular complexity index is 1460. The normalized spacial score (nSPS) is 15.8. The summed E-state index contributed by atoms with van der Waals surface area (Å²) in [6, 6.07) is 9.46. The first-order chi connectivity index (χ1) is 20.0. The molecule has 2 aromatic carbocycles. The van der Waals surface area contributed by atoms with Crippen molar-refractivity contribution in [3.8, 4) is 0 Å². The van der Waals surface area contributed by atoms with Crippen molar-refractivity contribution in [2.45, 2.75) is 40.3 Å². The molecule has 2 aliphatic rings. The van der Waals surface area contributed by atoms with Crippen molar-refractivity contribution in [1.82, 2.24) is 25.1 Å². The monoisotopic (exact) mass is 597 g/mol. The molecular weight excluding hydrogens is 561 g/mol. The number of piperazine rings is 1. The average Bonchev–Trinajstić information content (AvgIpc) is 3.19. The largest absolute Gasteiger partial charge is 0.426 e. The summed E-state index contributed by atoms with van der Waals surface area (Å²) >= 11 is 6.23. The number of aryl methyl sites for hydroxylation is 1. The van der Waals surface area contributed by atoms with Crippen molar-refractivity contribution in [2.75, 3.05) is 42.9 Å². The van der Waals surface area contributed by atoms with Crippen LogP contribution in [0.25, 0.3) is 0 Å². The molecule has 10 nitrogen and oxygen atoms in total. The fourth-order valence-electron chi connectivity index (χ4n) is 5.02. The number of rotatable bonds is 6. The van der Waals surface area contributed by atoms with Gasteiger partial charge in [0, 0.05) is 50.4 Å². The van der Waals surface area contributed by atoms with Gasteiger partial charge in [0.15, 0.2) is 0 Å². The minimum atomic E-state index is -0.682. The number of anilines is 3. The number of fused-ring (bicyclic) bond motifs is 2. The fraction of sp³-hybridized carbons (Fsp3) is 0.433. The second-order valence-corrected chi connectivity index (χ2v) is 12.4. The van der Waals surface area contributed by atoms with E-state index in [2.05, 4.69) is 41.4 Å². The smallest absolute Gasteiger partial charge is 0.351 e. The zero-order chi connectivity index (χ0) is 30.0. The van der Waals surface area contributed by atoms with Crippen molar-refractivity contribution in [1.29, 1.82) is 0 Å². The van der Waals surface area contributed by atoms with Gasteiger partial charge in [-0.2, -0.15) is 5.10 Å². The second kappa shape index (κ2) is 12.3. The van der Waals surface area contributed by atoms with Gasteiger partial charge in [-0.15, -0.1) is 5.06 Å². The van der Waals surface area contributed by atoms with Crippen LogP contribution in [0.5, 0.6) is 0 Å². The SMILES string of the molecule is Cn1ncc2c1Nc1cc(Cl)ccc1N(C(=O)c1ccc(CNC(=O)ON3CCN(CCC(C)(C)C)CC3)cc1F)C2. The van der Waals surface area contributed by atoms with Gasteiger partial charge in [0.05, 0.1) is 29.7 Å². The molecule has 5 rings (SSSR count). The zero-order valence-corrected chi connectivity index (χ0v) is 25.2. The number of hydroxylamine groups is 2. The van der Waals surface area contributed by atoms with Crippen LogP contribution in [-0.2, 0) is 25.0 Å². The number of amides is 2. The van der Waals surface area contributed by atoms with Gasteiger partial charge < -0.3 is 25.3 Å². The van der Waals surface area contributed by atoms with E-state index in [1.807, 2.05) is 0 Å².